The minimum Gasteiger partial charge on any atom is -0.493 e. The van der Waals surface area contributed by atoms with Gasteiger partial charge in [0.1, 0.15) is 13.2 Å². The van der Waals surface area contributed by atoms with Crippen LogP contribution < -0.4 is 14.8 Å². The first kappa shape index (κ1) is 27.5. The molecule has 4 rings (SSSR count). The molecule has 2 aromatic carbocycles. The number of Topliss-reactive ketones (excluding diaryl/α,β-unsaturated/α-hetero) is 1. The zero-order valence-corrected chi connectivity index (χ0v) is 22.9. The van der Waals surface area contributed by atoms with Crippen LogP contribution in [0.1, 0.15) is 57.6 Å². The van der Waals surface area contributed by atoms with E-state index in [-0.39, 0.29) is 17.8 Å². The molecular formula is C31H37NO6. The monoisotopic (exact) mass is 519 g/mol. The Balaban J connectivity index is 1.71. The summed E-state index contributed by atoms with van der Waals surface area (Å²) in [7, 11) is 1.58. The summed E-state index contributed by atoms with van der Waals surface area (Å²) in [4.78, 5) is 26.9. The second-order valence-electron chi connectivity index (χ2n) is 10.4. The van der Waals surface area contributed by atoms with Crippen LogP contribution in [-0.2, 0) is 25.7 Å². The first-order valence-electron chi connectivity index (χ1n) is 13.1. The molecule has 1 heterocycles. The Hall–Kier alpha value is -3.58. The molecule has 0 spiro atoms. The average Bonchev–Trinajstić information content (AvgIpc) is 2.88. The van der Waals surface area contributed by atoms with Gasteiger partial charge in [-0.15, -0.1) is 0 Å². The van der Waals surface area contributed by atoms with Crippen molar-refractivity contribution in [2.75, 3.05) is 26.9 Å². The zero-order valence-electron chi connectivity index (χ0n) is 22.9. The van der Waals surface area contributed by atoms with Crippen LogP contribution >= 0.6 is 0 Å². The molecule has 0 amide bonds. The maximum absolute atomic E-state index is 13.5. The van der Waals surface area contributed by atoms with Crippen LogP contribution in [0.2, 0.25) is 0 Å². The van der Waals surface area contributed by atoms with E-state index in [0.717, 1.165) is 16.8 Å². The highest BCUT2D eigenvalue weighted by molar-refractivity contribution is 6.04. The molecule has 38 heavy (non-hydrogen) atoms. The molecule has 202 valence electrons. The highest BCUT2D eigenvalue weighted by Crippen LogP contribution is 2.48. The van der Waals surface area contributed by atoms with Crippen molar-refractivity contribution in [3.63, 3.8) is 0 Å². The van der Waals surface area contributed by atoms with Gasteiger partial charge >= 0.3 is 5.97 Å². The topological polar surface area (TPSA) is 83.1 Å². The molecular weight excluding hydrogens is 482 g/mol. The van der Waals surface area contributed by atoms with Gasteiger partial charge in [0, 0.05) is 35.9 Å². The molecule has 0 fully saturated rings. The Labute approximate surface area is 224 Å². The Bertz CT molecular complexity index is 1240. The van der Waals surface area contributed by atoms with E-state index in [1.165, 1.54) is 0 Å². The second kappa shape index (κ2) is 11.9. The molecule has 2 aromatic rings. The maximum Gasteiger partial charge on any atom is 0.336 e. The van der Waals surface area contributed by atoms with Crippen molar-refractivity contribution in [3.05, 3.63) is 82.2 Å². The summed E-state index contributed by atoms with van der Waals surface area (Å²) in [6, 6.07) is 15.5. The van der Waals surface area contributed by atoms with Gasteiger partial charge in [-0.25, -0.2) is 4.79 Å². The van der Waals surface area contributed by atoms with Crippen molar-refractivity contribution in [1.29, 1.82) is 0 Å². The lowest BCUT2D eigenvalue weighted by Crippen LogP contribution is -2.38. The molecule has 0 unspecified atom stereocenters. The number of nitrogens with one attached hydrogen (secondary N) is 1. The van der Waals surface area contributed by atoms with Crippen LogP contribution in [0.3, 0.4) is 0 Å². The highest BCUT2D eigenvalue weighted by atomic mass is 16.6. The van der Waals surface area contributed by atoms with Crippen molar-refractivity contribution in [2.45, 2.75) is 53.1 Å². The van der Waals surface area contributed by atoms with E-state index in [2.05, 4.69) is 19.2 Å². The number of carbonyl (C=O) groups excluding carboxylic acids is 2. The van der Waals surface area contributed by atoms with Crippen molar-refractivity contribution in [2.24, 2.45) is 5.41 Å². The lowest BCUT2D eigenvalue weighted by atomic mass is 9.68. The number of carbonyl (C=O) groups is 2. The molecule has 1 aliphatic carbocycles. The number of dihydropyridines is 1. The first-order valence-corrected chi connectivity index (χ1v) is 13.1. The normalized spacial score (nSPS) is 18.6. The summed E-state index contributed by atoms with van der Waals surface area (Å²) < 4.78 is 22.6. The van der Waals surface area contributed by atoms with Crippen LogP contribution in [0, 0.1) is 5.41 Å². The van der Waals surface area contributed by atoms with E-state index in [0.29, 0.717) is 61.0 Å². The molecule has 0 radical (unpaired) electrons. The number of benzene rings is 2. The first-order chi connectivity index (χ1) is 18.2. The molecule has 0 saturated carbocycles. The van der Waals surface area contributed by atoms with Gasteiger partial charge in [-0.3, -0.25) is 4.79 Å². The largest absolute Gasteiger partial charge is 0.493 e. The van der Waals surface area contributed by atoms with Gasteiger partial charge in [0.05, 0.1) is 19.3 Å². The maximum atomic E-state index is 13.5. The number of allylic oxidation sites excluding steroid dienone is 3. The Morgan fingerprint density at radius 3 is 2.53 bits per heavy atom. The zero-order chi connectivity index (χ0) is 27.3. The van der Waals surface area contributed by atoms with Gasteiger partial charge in [-0.05, 0) is 48.9 Å². The summed E-state index contributed by atoms with van der Waals surface area (Å²) in [5.74, 6) is 0.105. The van der Waals surface area contributed by atoms with Gasteiger partial charge in [-0.2, -0.15) is 0 Å². The number of hydrogen-bond acceptors (Lipinski definition) is 7. The molecule has 0 bridgehead atoms. The number of rotatable bonds is 10. The van der Waals surface area contributed by atoms with E-state index < -0.39 is 11.9 Å². The summed E-state index contributed by atoms with van der Waals surface area (Å²) in [6.45, 7) is 9.31. The number of methoxy groups -OCH3 is 1. The quantitative estimate of drug-likeness (QED) is 0.330. The van der Waals surface area contributed by atoms with Gasteiger partial charge < -0.3 is 24.3 Å². The third-order valence-corrected chi connectivity index (χ3v) is 6.88. The van der Waals surface area contributed by atoms with E-state index in [9.17, 15) is 9.59 Å². The summed E-state index contributed by atoms with van der Waals surface area (Å²) in [6.07, 6.45) is 1.12. The predicted molar refractivity (Wildman–Crippen MR) is 145 cm³/mol. The Morgan fingerprint density at radius 1 is 1.05 bits per heavy atom. The second-order valence-corrected chi connectivity index (χ2v) is 10.4. The summed E-state index contributed by atoms with van der Waals surface area (Å²) in [5, 5.41) is 3.37. The van der Waals surface area contributed by atoms with E-state index in [4.69, 9.17) is 18.9 Å². The fraction of sp³-hybridized carbons (Fsp3) is 0.419. The third kappa shape index (κ3) is 6.10. The fourth-order valence-corrected chi connectivity index (χ4v) is 5.17. The molecule has 7 nitrogen and oxygen atoms in total. The Kier molecular flexibility index (Phi) is 8.57. The summed E-state index contributed by atoms with van der Waals surface area (Å²) >= 11 is 0. The SMILES string of the molecule is CCOCCOC(=O)C1=C(C)NC2=C(C(=O)CC(C)(C)C2)[C@H]1c1ccc(OCc2ccccc2)c(OC)c1. The number of ether oxygens (including phenoxy) is 4. The third-order valence-electron chi connectivity index (χ3n) is 6.88. The smallest absolute Gasteiger partial charge is 0.336 e. The van der Waals surface area contributed by atoms with Crippen LogP contribution in [0.15, 0.2) is 71.1 Å². The van der Waals surface area contributed by atoms with Crippen molar-refractivity contribution in [1.82, 2.24) is 5.32 Å². The van der Waals surface area contributed by atoms with Gasteiger partial charge in [0.2, 0.25) is 0 Å². The van der Waals surface area contributed by atoms with Gasteiger partial charge in [-0.1, -0.05) is 50.2 Å². The molecule has 0 saturated heterocycles. The van der Waals surface area contributed by atoms with Crippen molar-refractivity contribution < 1.29 is 28.5 Å². The van der Waals surface area contributed by atoms with Gasteiger partial charge in [0.15, 0.2) is 17.3 Å². The molecule has 1 atom stereocenters. The van der Waals surface area contributed by atoms with Crippen molar-refractivity contribution in [3.8, 4) is 11.5 Å². The Morgan fingerprint density at radius 2 is 1.82 bits per heavy atom. The van der Waals surface area contributed by atoms with E-state index in [1.54, 1.807) is 7.11 Å². The number of ketones is 1. The van der Waals surface area contributed by atoms with Crippen LogP contribution in [0.4, 0.5) is 0 Å². The lowest BCUT2D eigenvalue weighted by Gasteiger charge is -2.39. The van der Waals surface area contributed by atoms with E-state index >= 15 is 0 Å². The average molecular weight is 520 g/mol. The fourth-order valence-electron chi connectivity index (χ4n) is 5.17. The molecule has 7 heteroatoms. The van der Waals surface area contributed by atoms with E-state index in [1.807, 2.05) is 62.4 Å². The number of esters is 1. The summed E-state index contributed by atoms with van der Waals surface area (Å²) in [5.41, 5.74) is 4.23. The molecule has 1 N–H and O–H groups in total. The molecule has 2 aliphatic rings. The lowest BCUT2D eigenvalue weighted by molar-refractivity contribution is -0.140. The molecule has 0 aromatic heterocycles. The van der Waals surface area contributed by atoms with Crippen LogP contribution in [0.5, 0.6) is 11.5 Å². The molecule has 1 aliphatic heterocycles. The van der Waals surface area contributed by atoms with Crippen LogP contribution in [-0.4, -0.2) is 38.7 Å². The number of hydrogen-bond donors (Lipinski definition) is 1. The standard InChI is InChI=1S/C31H37NO6/c1-6-36-14-15-37-30(34)27-20(2)32-23-17-31(3,4)18-24(33)29(23)28(27)22-12-13-25(26(16-22)35-5)38-19-21-10-8-7-9-11-21/h7-13,16,28,32H,6,14-15,17-19H2,1-5H3/t28-/m0/s1. The van der Waals surface area contributed by atoms with Crippen molar-refractivity contribution >= 4 is 11.8 Å². The van der Waals surface area contributed by atoms with Gasteiger partial charge in [0.25, 0.3) is 0 Å². The minimum absolute atomic E-state index is 0.0317. The minimum atomic E-state index is -0.577. The predicted octanol–water partition coefficient (Wildman–Crippen LogP) is 5.46. The van der Waals surface area contributed by atoms with Crippen LogP contribution in [0.25, 0.3) is 0 Å². The highest BCUT2D eigenvalue weighted by Gasteiger charge is 2.43.